The molecular formula is C18H26ClFN2O. The molecule has 0 bridgehead atoms. The molecule has 2 aliphatic rings. The van der Waals surface area contributed by atoms with E-state index in [1.165, 1.54) is 18.9 Å². The molecule has 0 spiro atoms. The van der Waals surface area contributed by atoms with Gasteiger partial charge in [-0.2, -0.15) is 0 Å². The first-order chi connectivity index (χ1) is 10.7. The van der Waals surface area contributed by atoms with Crippen LogP contribution in [0.1, 0.15) is 37.7 Å². The number of hydrogen-bond acceptors (Lipinski definition) is 2. The first kappa shape index (κ1) is 18.2. The highest BCUT2D eigenvalue weighted by Gasteiger charge is 2.32. The Morgan fingerprint density at radius 1 is 1.26 bits per heavy atom. The van der Waals surface area contributed by atoms with E-state index in [2.05, 4.69) is 10.2 Å². The highest BCUT2D eigenvalue weighted by Crippen LogP contribution is 2.26. The maximum absolute atomic E-state index is 13.3. The SMILES string of the molecule is Cl.O=C(C1CCNC1)N(CCc1cccc(F)c1)C1CCCC1. The van der Waals surface area contributed by atoms with Crippen molar-refractivity contribution in [1.29, 1.82) is 0 Å². The summed E-state index contributed by atoms with van der Waals surface area (Å²) in [6.07, 6.45) is 6.36. The van der Waals surface area contributed by atoms with Crippen LogP contribution in [0, 0.1) is 11.7 Å². The Hall–Kier alpha value is -1.13. The third kappa shape index (κ3) is 4.67. The number of halogens is 2. The van der Waals surface area contributed by atoms with Crippen molar-refractivity contribution in [2.75, 3.05) is 19.6 Å². The average molecular weight is 341 g/mol. The van der Waals surface area contributed by atoms with Crippen LogP contribution >= 0.6 is 12.4 Å². The first-order valence-corrected chi connectivity index (χ1v) is 8.49. The molecule has 1 aliphatic heterocycles. The molecule has 2 fully saturated rings. The zero-order valence-electron chi connectivity index (χ0n) is 13.5. The van der Waals surface area contributed by atoms with Crippen LogP contribution in [0.25, 0.3) is 0 Å². The topological polar surface area (TPSA) is 32.3 Å². The van der Waals surface area contributed by atoms with Gasteiger partial charge in [0.1, 0.15) is 5.82 Å². The molecule has 0 aromatic heterocycles. The van der Waals surface area contributed by atoms with Gasteiger partial charge in [-0.25, -0.2) is 4.39 Å². The van der Waals surface area contributed by atoms with Gasteiger partial charge in [-0.05, 0) is 49.9 Å². The van der Waals surface area contributed by atoms with Crippen molar-refractivity contribution in [2.24, 2.45) is 5.92 Å². The molecule has 3 rings (SSSR count). The smallest absolute Gasteiger partial charge is 0.227 e. The van der Waals surface area contributed by atoms with Gasteiger partial charge < -0.3 is 10.2 Å². The minimum Gasteiger partial charge on any atom is -0.339 e. The van der Waals surface area contributed by atoms with Crippen molar-refractivity contribution in [2.45, 2.75) is 44.6 Å². The number of hydrogen-bond donors (Lipinski definition) is 1. The molecule has 3 nitrogen and oxygen atoms in total. The number of carbonyl (C=O) groups excluding carboxylic acids is 1. The zero-order chi connectivity index (χ0) is 15.4. The van der Waals surface area contributed by atoms with E-state index in [0.717, 1.165) is 44.3 Å². The number of amides is 1. The van der Waals surface area contributed by atoms with Crippen molar-refractivity contribution in [3.63, 3.8) is 0 Å². The molecule has 1 N–H and O–H groups in total. The lowest BCUT2D eigenvalue weighted by Crippen LogP contribution is -2.44. The lowest BCUT2D eigenvalue weighted by atomic mass is 10.0. The molecule has 5 heteroatoms. The van der Waals surface area contributed by atoms with Gasteiger partial charge in [0.15, 0.2) is 0 Å². The minimum atomic E-state index is -0.198. The summed E-state index contributed by atoms with van der Waals surface area (Å²) >= 11 is 0. The Morgan fingerprint density at radius 2 is 2.04 bits per heavy atom. The summed E-state index contributed by atoms with van der Waals surface area (Å²) in [6.45, 7) is 2.46. The second-order valence-electron chi connectivity index (χ2n) is 6.54. The largest absolute Gasteiger partial charge is 0.339 e. The fourth-order valence-electron chi connectivity index (χ4n) is 3.73. The Morgan fingerprint density at radius 3 is 2.70 bits per heavy atom. The van der Waals surface area contributed by atoms with Crippen LogP contribution in [0.15, 0.2) is 24.3 Å². The second-order valence-corrected chi connectivity index (χ2v) is 6.54. The van der Waals surface area contributed by atoms with Gasteiger partial charge in [-0.3, -0.25) is 4.79 Å². The van der Waals surface area contributed by atoms with E-state index >= 15 is 0 Å². The molecule has 1 saturated carbocycles. The third-order valence-electron chi connectivity index (χ3n) is 4.99. The summed E-state index contributed by atoms with van der Waals surface area (Å²) in [6, 6.07) is 7.12. The predicted octanol–water partition coefficient (Wildman–Crippen LogP) is 3.17. The van der Waals surface area contributed by atoms with E-state index in [1.807, 2.05) is 6.07 Å². The molecule has 1 aliphatic carbocycles. The van der Waals surface area contributed by atoms with Gasteiger partial charge in [-0.1, -0.05) is 25.0 Å². The summed E-state index contributed by atoms with van der Waals surface area (Å²) < 4.78 is 13.3. The fraction of sp³-hybridized carbons (Fsp3) is 0.611. The van der Waals surface area contributed by atoms with Crippen molar-refractivity contribution in [3.05, 3.63) is 35.6 Å². The number of benzene rings is 1. The lowest BCUT2D eigenvalue weighted by molar-refractivity contribution is -0.137. The molecule has 1 aromatic rings. The van der Waals surface area contributed by atoms with Crippen LogP contribution in [0.2, 0.25) is 0 Å². The Balaban J connectivity index is 0.00000192. The van der Waals surface area contributed by atoms with E-state index in [4.69, 9.17) is 0 Å². The van der Waals surface area contributed by atoms with Gasteiger partial charge in [0.2, 0.25) is 5.91 Å². The molecule has 0 radical (unpaired) electrons. The fourth-order valence-corrected chi connectivity index (χ4v) is 3.73. The Labute approximate surface area is 144 Å². The van der Waals surface area contributed by atoms with Crippen LogP contribution in [0.5, 0.6) is 0 Å². The molecule has 1 aromatic carbocycles. The van der Waals surface area contributed by atoms with E-state index in [-0.39, 0.29) is 24.1 Å². The number of carbonyl (C=O) groups is 1. The molecule has 1 unspecified atom stereocenters. The van der Waals surface area contributed by atoms with Crippen LogP contribution in [-0.4, -0.2) is 36.5 Å². The molecule has 1 atom stereocenters. The van der Waals surface area contributed by atoms with Gasteiger partial charge in [0, 0.05) is 19.1 Å². The van der Waals surface area contributed by atoms with Crippen molar-refractivity contribution in [1.82, 2.24) is 10.2 Å². The Kier molecular flexibility index (Phi) is 6.85. The number of rotatable bonds is 5. The molecular weight excluding hydrogens is 315 g/mol. The summed E-state index contributed by atoms with van der Waals surface area (Å²) in [5.74, 6) is 0.234. The number of nitrogens with one attached hydrogen (secondary N) is 1. The average Bonchev–Trinajstić information content (AvgIpc) is 3.21. The van der Waals surface area contributed by atoms with Crippen LogP contribution in [-0.2, 0) is 11.2 Å². The van der Waals surface area contributed by atoms with Gasteiger partial charge in [0.05, 0.1) is 5.92 Å². The van der Waals surface area contributed by atoms with E-state index in [9.17, 15) is 9.18 Å². The molecule has 1 amide bonds. The van der Waals surface area contributed by atoms with E-state index < -0.39 is 0 Å². The quantitative estimate of drug-likeness (QED) is 0.893. The van der Waals surface area contributed by atoms with E-state index in [0.29, 0.717) is 18.5 Å². The highest BCUT2D eigenvalue weighted by molar-refractivity contribution is 5.85. The van der Waals surface area contributed by atoms with Gasteiger partial charge in [0.25, 0.3) is 0 Å². The zero-order valence-corrected chi connectivity index (χ0v) is 14.3. The predicted molar refractivity (Wildman–Crippen MR) is 92.3 cm³/mol. The lowest BCUT2D eigenvalue weighted by Gasteiger charge is -2.31. The number of nitrogens with zero attached hydrogens (tertiary/aromatic N) is 1. The summed E-state index contributed by atoms with van der Waals surface area (Å²) in [5.41, 5.74) is 0.973. The normalized spacial score (nSPS) is 21.2. The molecule has 128 valence electrons. The molecule has 23 heavy (non-hydrogen) atoms. The van der Waals surface area contributed by atoms with Crippen molar-refractivity contribution < 1.29 is 9.18 Å². The third-order valence-corrected chi connectivity index (χ3v) is 4.99. The van der Waals surface area contributed by atoms with Gasteiger partial charge >= 0.3 is 0 Å². The summed E-state index contributed by atoms with van der Waals surface area (Å²) in [7, 11) is 0. The van der Waals surface area contributed by atoms with Crippen LogP contribution in [0.4, 0.5) is 4.39 Å². The van der Waals surface area contributed by atoms with Gasteiger partial charge in [-0.15, -0.1) is 12.4 Å². The monoisotopic (exact) mass is 340 g/mol. The first-order valence-electron chi connectivity index (χ1n) is 8.49. The Bertz CT molecular complexity index is 513. The van der Waals surface area contributed by atoms with Crippen LogP contribution in [0.3, 0.4) is 0 Å². The minimum absolute atomic E-state index is 0. The summed E-state index contributed by atoms with van der Waals surface area (Å²) in [5, 5.41) is 3.28. The van der Waals surface area contributed by atoms with Crippen molar-refractivity contribution in [3.8, 4) is 0 Å². The summed E-state index contributed by atoms with van der Waals surface area (Å²) in [4.78, 5) is 14.9. The highest BCUT2D eigenvalue weighted by atomic mass is 35.5. The molecule has 1 saturated heterocycles. The van der Waals surface area contributed by atoms with E-state index in [1.54, 1.807) is 12.1 Å². The molecule has 1 heterocycles. The van der Waals surface area contributed by atoms with Crippen molar-refractivity contribution >= 4 is 18.3 Å². The maximum Gasteiger partial charge on any atom is 0.227 e. The second kappa shape index (κ2) is 8.65. The standard InChI is InChI=1S/C18H25FN2O.ClH/c19-16-5-3-4-14(12-16)9-11-21(17-6-1-2-7-17)18(22)15-8-10-20-13-15;/h3-5,12,15,17,20H,1-2,6-11,13H2;1H. The van der Waals surface area contributed by atoms with Crippen LogP contribution < -0.4 is 5.32 Å². The maximum atomic E-state index is 13.3.